The van der Waals surface area contributed by atoms with E-state index in [1.165, 1.54) is 12.1 Å². The summed E-state index contributed by atoms with van der Waals surface area (Å²) in [7, 11) is 0. The van der Waals surface area contributed by atoms with E-state index in [0.29, 0.717) is 0 Å². The summed E-state index contributed by atoms with van der Waals surface area (Å²) in [5.74, 6) is -1.31. The number of benzene rings is 1. The molecule has 3 nitrogen and oxygen atoms in total. The number of hydrogen-bond acceptors (Lipinski definition) is 2. The summed E-state index contributed by atoms with van der Waals surface area (Å²) in [6.07, 6.45) is 0. The quantitative estimate of drug-likeness (QED) is 0.696. The van der Waals surface area contributed by atoms with Crippen molar-refractivity contribution in [1.82, 2.24) is 0 Å². The van der Waals surface area contributed by atoms with E-state index < -0.39 is 5.97 Å². The van der Waals surface area contributed by atoms with Crippen molar-refractivity contribution in [2.45, 2.75) is 0 Å². The monoisotopic (exact) mass is 262 g/mol. The van der Waals surface area contributed by atoms with Crippen molar-refractivity contribution in [3.63, 3.8) is 0 Å². The van der Waals surface area contributed by atoms with E-state index in [9.17, 15) is 4.79 Å². The van der Waals surface area contributed by atoms with E-state index in [0.717, 1.165) is 0 Å². The van der Waals surface area contributed by atoms with E-state index >= 15 is 0 Å². The van der Waals surface area contributed by atoms with Crippen molar-refractivity contribution in [2.24, 2.45) is 0 Å². The molecule has 0 spiro atoms. The minimum absolute atomic E-state index is 0. The van der Waals surface area contributed by atoms with Crippen LogP contribution in [0.2, 0.25) is 0 Å². The van der Waals surface area contributed by atoms with E-state index in [4.69, 9.17) is 10.2 Å². The van der Waals surface area contributed by atoms with Crippen LogP contribution in [0.5, 0.6) is 5.75 Å². The molecule has 0 fully saturated rings. The first-order valence-electron chi connectivity index (χ1n) is 2.73. The molecule has 0 saturated heterocycles. The molecule has 0 amide bonds. The second-order valence-electron chi connectivity index (χ2n) is 1.82. The number of carboxylic acids is 1. The van der Waals surface area contributed by atoms with Gasteiger partial charge in [-0.1, -0.05) is 12.1 Å². The topological polar surface area (TPSA) is 57.5 Å². The molecule has 11 heavy (non-hydrogen) atoms. The standard InChI is InChI=1S/C7H6O3.Sb.3H/c8-6-4-2-1-3-5(6)7(9)10;;;;/h1-4,8H,(H,9,10);;;;. The predicted molar refractivity (Wildman–Crippen MR) is 45.0 cm³/mol. The van der Waals surface area contributed by atoms with Crippen LogP contribution < -0.4 is 0 Å². The zero-order chi connectivity index (χ0) is 7.56. The Labute approximate surface area is 81.1 Å². The number of para-hydroxylation sites is 1. The zero-order valence-electron chi connectivity index (χ0n) is 5.82. The summed E-state index contributed by atoms with van der Waals surface area (Å²) in [5.41, 5.74) is -0.0671. The van der Waals surface area contributed by atoms with E-state index in [2.05, 4.69) is 0 Å². The molecule has 0 aromatic heterocycles. The molecule has 1 rings (SSSR count). The van der Waals surface area contributed by atoms with E-state index in [1.54, 1.807) is 12.1 Å². The van der Waals surface area contributed by atoms with Gasteiger partial charge in [-0.2, -0.15) is 0 Å². The summed E-state index contributed by atoms with van der Waals surface area (Å²) in [6.45, 7) is 0. The summed E-state index contributed by atoms with van der Waals surface area (Å²) >= 11 is 0. The molecule has 0 aliphatic rings. The number of aromatic carboxylic acids is 1. The summed E-state index contributed by atoms with van der Waals surface area (Å²) in [5, 5.41) is 17.3. The van der Waals surface area contributed by atoms with Crippen LogP contribution in [-0.4, -0.2) is 40.6 Å². The normalized spacial score (nSPS) is 8.36. The molecule has 60 valence electrons. The van der Waals surface area contributed by atoms with E-state index in [-0.39, 0.29) is 35.7 Å². The van der Waals surface area contributed by atoms with Crippen LogP contribution in [0, 0.1) is 0 Å². The first-order valence-corrected chi connectivity index (χ1v) is 2.73. The molecule has 2 N–H and O–H groups in total. The Morgan fingerprint density at radius 3 is 2.18 bits per heavy atom. The van der Waals surface area contributed by atoms with Crippen LogP contribution in [0.3, 0.4) is 0 Å². The van der Waals surface area contributed by atoms with Gasteiger partial charge in [0.1, 0.15) is 11.3 Å². The maximum atomic E-state index is 10.3. The van der Waals surface area contributed by atoms with Crippen LogP contribution >= 0.6 is 0 Å². The summed E-state index contributed by atoms with van der Waals surface area (Å²) < 4.78 is 0. The van der Waals surface area contributed by atoms with Gasteiger partial charge in [-0.05, 0) is 12.1 Å². The van der Waals surface area contributed by atoms with Crippen LogP contribution in [0.15, 0.2) is 24.3 Å². The van der Waals surface area contributed by atoms with Gasteiger partial charge >= 0.3 is 30.4 Å². The average Bonchev–Trinajstić information content (AvgIpc) is 1.88. The van der Waals surface area contributed by atoms with Crippen molar-refractivity contribution in [1.29, 1.82) is 0 Å². The SMILES string of the molecule is O=C(O)c1ccccc1O.[SbH3]. The van der Waals surface area contributed by atoms with Crippen molar-refractivity contribution >= 4 is 30.4 Å². The van der Waals surface area contributed by atoms with Gasteiger partial charge in [0.15, 0.2) is 0 Å². The Morgan fingerprint density at radius 1 is 1.27 bits per heavy atom. The minimum atomic E-state index is -1.11. The molecular weight excluding hydrogens is 254 g/mol. The van der Waals surface area contributed by atoms with Crippen molar-refractivity contribution in [2.75, 3.05) is 0 Å². The van der Waals surface area contributed by atoms with Gasteiger partial charge in [0.2, 0.25) is 0 Å². The Morgan fingerprint density at radius 2 is 1.82 bits per heavy atom. The molecule has 1 aromatic carbocycles. The van der Waals surface area contributed by atoms with Gasteiger partial charge < -0.3 is 10.2 Å². The third-order valence-electron chi connectivity index (χ3n) is 1.13. The molecule has 0 saturated carbocycles. The summed E-state index contributed by atoms with van der Waals surface area (Å²) in [6, 6.07) is 5.81. The fraction of sp³-hybridized carbons (Fsp3) is 0. The van der Waals surface area contributed by atoms with Crippen LogP contribution in [0.1, 0.15) is 10.4 Å². The van der Waals surface area contributed by atoms with Crippen molar-refractivity contribution in [3.05, 3.63) is 29.8 Å². The zero-order valence-corrected chi connectivity index (χ0v) is 9.86. The Hall–Kier alpha value is -0.692. The van der Waals surface area contributed by atoms with Gasteiger partial charge in [-0.3, -0.25) is 0 Å². The fourth-order valence-electron chi connectivity index (χ4n) is 0.654. The van der Waals surface area contributed by atoms with Crippen molar-refractivity contribution < 1.29 is 15.0 Å². The first-order chi connectivity index (χ1) is 4.72. The molecule has 0 atom stereocenters. The van der Waals surface area contributed by atoms with Gasteiger partial charge in [0.25, 0.3) is 0 Å². The first kappa shape index (κ1) is 10.3. The second kappa shape index (κ2) is 4.24. The number of carboxylic acid groups (broad SMARTS) is 1. The molecule has 0 aliphatic carbocycles. The van der Waals surface area contributed by atoms with Gasteiger partial charge in [-0.15, -0.1) is 0 Å². The molecule has 4 heteroatoms. The maximum absolute atomic E-state index is 10.3. The molecule has 0 bridgehead atoms. The van der Waals surface area contributed by atoms with Crippen molar-refractivity contribution in [3.8, 4) is 5.75 Å². The van der Waals surface area contributed by atoms with Crippen LogP contribution in [0.25, 0.3) is 0 Å². The second-order valence-corrected chi connectivity index (χ2v) is 1.82. The Bertz CT molecular complexity index is 260. The van der Waals surface area contributed by atoms with Gasteiger partial charge in [0, 0.05) is 0 Å². The van der Waals surface area contributed by atoms with Crippen LogP contribution in [-0.2, 0) is 0 Å². The molecule has 0 aliphatic heterocycles. The number of carbonyl (C=O) groups is 1. The Kier molecular flexibility index (Phi) is 3.97. The third-order valence-corrected chi connectivity index (χ3v) is 1.13. The molecule has 0 heterocycles. The fourth-order valence-corrected chi connectivity index (χ4v) is 0.654. The third kappa shape index (κ3) is 2.43. The number of phenols is 1. The van der Waals surface area contributed by atoms with Gasteiger partial charge in [0.05, 0.1) is 0 Å². The predicted octanol–water partition coefficient (Wildman–Crippen LogP) is -0.0935. The number of rotatable bonds is 1. The molecule has 0 radical (unpaired) electrons. The number of hydrogen-bond donors (Lipinski definition) is 2. The number of aromatic hydroxyl groups is 1. The average molecular weight is 263 g/mol. The Balaban J connectivity index is 0.000001000. The van der Waals surface area contributed by atoms with Crippen LogP contribution in [0.4, 0.5) is 0 Å². The van der Waals surface area contributed by atoms with E-state index in [1.807, 2.05) is 0 Å². The molecule has 0 unspecified atom stereocenters. The molecular formula is C7H9O3Sb. The van der Waals surface area contributed by atoms with Gasteiger partial charge in [-0.25, -0.2) is 4.79 Å². The summed E-state index contributed by atoms with van der Waals surface area (Å²) in [4.78, 5) is 10.3. The molecule has 1 aromatic rings.